The normalized spacial score (nSPS) is 11.6. The molecule has 0 saturated heterocycles. The van der Waals surface area contributed by atoms with Crippen LogP contribution in [0.4, 0.5) is 5.95 Å². The number of primary sulfonamides is 1. The van der Waals surface area contributed by atoms with Crippen molar-refractivity contribution in [3.63, 3.8) is 0 Å². The molecule has 2 aromatic carbocycles. The molecule has 1 heterocycles. The van der Waals surface area contributed by atoms with Crippen LogP contribution < -0.4 is 16.2 Å². The van der Waals surface area contributed by atoms with Crippen molar-refractivity contribution >= 4 is 56.2 Å². The van der Waals surface area contributed by atoms with Crippen molar-refractivity contribution in [3.05, 3.63) is 46.4 Å². The predicted molar refractivity (Wildman–Crippen MR) is 98.0 cm³/mol. The molecule has 8 nitrogen and oxygen atoms in total. The van der Waals surface area contributed by atoms with Crippen LogP contribution in [0, 0.1) is 5.41 Å². The van der Waals surface area contributed by atoms with Crippen molar-refractivity contribution in [1.29, 1.82) is 5.41 Å². The zero-order valence-corrected chi connectivity index (χ0v) is 14.8. The Labute approximate surface area is 152 Å². The minimum atomic E-state index is -4.04. The summed E-state index contributed by atoms with van der Waals surface area (Å²) in [5.74, 6) is -0.167. The molecule has 0 bridgehead atoms. The highest BCUT2D eigenvalue weighted by molar-refractivity contribution is 7.89. The van der Waals surface area contributed by atoms with Crippen molar-refractivity contribution in [3.8, 4) is 5.69 Å². The number of rotatable bonds is 3. The van der Waals surface area contributed by atoms with Gasteiger partial charge in [0.1, 0.15) is 4.90 Å². The smallest absolute Gasteiger partial charge is 0.239 e. The summed E-state index contributed by atoms with van der Waals surface area (Å²) in [6, 6.07) is 9.54. The molecule has 1 aromatic heterocycles. The number of fused-ring (bicyclic) bond motifs is 1. The van der Waals surface area contributed by atoms with E-state index >= 15 is 0 Å². The maximum Gasteiger partial charge on any atom is 0.239 e. The highest BCUT2D eigenvalue weighted by Gasteiger charge is 2.20. The van der Waals surface area contributed by atoms with Crippen LogP contribution in [-0.2, 0) is 10.0 Å². The second kappa shape index (κ2) is 6.19. The number of halogens is 2. The minimum absolute atomic E-state index is 0.0619. The molecule has 0 radical (unpaired) electrons. The van der Waals surface area contributed by atoms with E-state index in [0.717, 1.165) is 0 Å². The number of hydrogen-bond donors (Lipinski definition) is 4. The zero-order chi connectivity index (χ0) is 18.4. The lowest BCUT2D eigenvalue weighted by molar-refractivity contribution is 0.598. The van der Waals surface area contributed by atoms with Crippen LogP contribution in [0.15, 0.2) is 41.3 Å². The first-order valence-corrected chi connectivity index (χ1v) is 9.09. The number of aromatic nitrogens is 2. The fourth-order valence-corrected chi connectivity index (χ4v) is 3.69. The number of sulfonamides is 1. The zero-order valence-electron chi connectivity index (χ0n) is 12.5. The van der Waals surface area contributed by atoms with Gasteiger partial charge >= 0.3 is 0 Å². The molecule has 0 amide bonds. The Kier molecular flexibility index (Phi) is 4.33. The lowest BCUT2D eigenvalue weighted by Crippen LogP contribution is -2.22. The molecular formula is C14H12Cl2N6O2S. The van der Waals surface area contributed by atoms with Gasteiger partial charge in [0.2, 0.25) is 16.0 Å². The summed E-state index contributed by atoms with van der Waals surface area (Å²) in [6.45, 7) is 0. The summed E-state index contributed by atoms with van der Waals surface area (Å²) in [7, 11) is -4.04. The molecule has 11 heteroatoms. The highest BCUT2D eigenvalue weighted by atomic mass is 35.5. The molecule has 0 spiro atoms. The van der Waals surface area contributed by atoms with Crippen molar-refractivity contribution in [2.45, 2.75) is 4.90 Å². The third-order valence-corrected chi connectivity index (χ3v) is 5.05. The van der Waals surface area contributed by atoms with Gasteiger partial charge < -0.3 is 5.73 Å². The van der Waals surface area contributed by atoms with Gasteiger partial charge in [-0.25, -0.2) is 18.5 Å². The van der Waals surface area contributed by atoms with E-state index in [9.17, 15) is 8.42 Å². The third-order valence-electron chi connectivity index (χ3n) is 3.35. The fraction of sp³-hybridized carbons (Fsp3) is 0. The van der Waals surface area contributed by atoms with Crippen LogP contribution in [0.1, 0.15) is 0 Å². The van der Waals surface area contributed by atoms with Crippen molar-refractivity contribution in [2.75, 3.05) is 5.32 Å². The quantitative estimate of drug-likeness (QED) is 0.395. The van der Waals surface area contributed by atoms with Crippen LogP contribution >= 0.6 is 23.2 Å². The summed E-state index contributed by atoms with van der Waals surface area (Å²) >= 11 is 12.3. The Morgan fingerprint density at radius 2 is 1.88 bits per heavy atom. The molecule has 0 aliphatic carbocycles. The van der Waals surface area contributed by atoms with E-state index in [1.807, 2.05) is 0 Å². The van der Waals surface area contributed by atoms with E-state index in [1.54, 1.807) is 24.3 Å². The summed E-state index contributed by atoms with van der Waals surface area (Å²) in [6.07, 6.45) is 0. The number of imidazole rings is 1. The van der Waals surface area contributed by atoms with Gasteiger partial charge in [-0.05, 0) is 24.3 Å². The first kappa shape index (κ1) is 17.5. The molecule has 0 fully saturated rings. The highest BCUT2D eigenvalue weighted by Crippen LogP contribution is 2.33. The third kappa shape index (κ3) is 3.27. The van der Waals surface area contributed by atoms with Gasteiger partial charge in [0, 0.05) is 0 Å². The van der Waals surface area contributed by atoms with Gasteiger partial charge in [-0.1, -0.05) is 35.3 Å². The standard InChI is InChI=1S/C14H12Cl2N6O2S/c15-7-3-1-2-4-10(7)22-11-6-12(25(19,23)24)8(16)5-9(11)20-14(22)21-13(17)18/h1-6H,(H2,19,23,24)(H4,17,18,20,21). The number of hydrogen-bond acceptors (Lipinski definition) is 4. The van der Waals surface area contributed by atoms with Gasteiger partial charge in [0.05, 0.1) is 26.8 Å². The monoisotopic (exact) mass is 398 g/mol. The predicted octanol–water partition coefficient (Wildman–Crippen LogP) is 2.29. The summed E-state index contributed by atoms with van der Waals surface area (Å²) in [4.78, 5) is 4.06. The summed E-state index contributed by atoms with van der Waals surface area (Å²) < 4.78 is 25.1. The maximum atomic E-state index is 11.8. The Hall–Kier alpha value is -2.33. The largest absolute Gasteiger partial charge is 0.370 e. The lowest BCUT2D eigenvalue weighted by atomic mass is 10.2. The molecular weight excluding hydrogens is 387 g/mol. The van der Waals surface area contributed by atoms with Gasteiger partial charge in [0.15, 0.2) is 5.96 Å². The first-order valence-electron chi connectivity index (χ1n) is 6.79. The van der Waals surface area contributed by atoms with Crippen LogP contribution in [0.5, 0.6) is 0 Å². The molecule has 6 N–H and O–H groups in total. The Balaban J connectivity index is 2.42. The number of nitrogens with two attached hydrogens (primary N) is 2. The molecule has 25 heavy (non-hydrogen) atoms. The molecule has 0 aliphatic rings. The summed E-state index contributed by atoms with van der Waals surface area (Å²) in [5.41, 5.74) is 6.67. The Bertz CT molecular complexity index is 1110. The van der Waals surface area contributed by atoms with E-state index in [0.29, 0.717) is 21.7 Å². The van der Waals surface area contributed by atoms with Crippen molar-refractivity contribution < 1.29 is 8.42 Å². The van der Waals surface area contributed by atoms with Crippen molar-refractivity contribution in [2.24, 2.45) is 10.9 Å². The second-order valence-electron chi connectivity index (χ2n) is 5.08. The number of anilines is 1. The summed E-state index contributed by atoms with van der Waals surface area (Å²) in [5, 5.41) is 15.6. The number of para-hydroxylation sites is 1. The minimum Gasteiger partial charge on any atom is -0.370 e. The molecule has 0 unspecified atom stereocenters. The molecule has 0 aliphatic heterocycles. The van der Waals surface area contributed by atoms with E-state index in [-0.39, 0.29) is 21.8 Å². The fourth-order valence-electron chi connectivity index (χ4n) is 2.38. The van der Waals surface area contributed by atoms with Crippen LogP contribution in [-0.4, -0.2) is 23.9 Å². The van der Waals surface area contributed by atoms with Gasteiger partial charge in [-0.2, -0.15) is 0 Å². The number of guanidine groups is 1. The van der Waals surface area contributed by atoms with Crippen LogP contribution in [0.25, 0.3) is 16.7 Å². The Morgan fingerprint density at radius 3 is 2.48 bits per heavy atom. The lowest BCUT2D eigenvalue weighted by Gasteiger charge is -2.12. The van der Waals surface area contributed by atoms with Gasteiger partial charge in [0.25, 0.3) is 0 Å². The second-order valence-corrected chi connectivity index (χ2v) is 7.42. The molecule has 3 aromatic rings. The number of benzene rings is 2. The van der Waals surface area contributed by atoms with Crippen LogP contribution in [0.3, 0.4) is 0 Å². The van der Waals surface area contributed by atoms with E-state index in [2.05, 4.69) is 10.3 Å². The average molecular weight is 399 g/mol. The Morgan fingerprint density at radius 1 is 1.20 bits per heavy atom. The average Bonchev–Trinajstić information content (AvgIpc) is 2.81. The van der Waals surface area contributed by atoms with Gasteiger partial charge in [-0.15, -0.1) is 0 Å². The van der Waals surface area contributed by atoms with E-state index in [1.165, 1.54) is 16.7 Å². The number of nitrogens with one attached hydrogen (secondary N) is 2. The van der Waals surface area contributed by atoms with Crippen molar-refractivity contribution in [1.82, 2.24) is 9.55 Å². The van der Waals surface area contributed by atoms with Crippen LogP contribution in [0.2, 0.25) is 10.0 Å². The SMILES string of the molecule is N=C(N)Nc1nc2cc(Cl)c(S(N)(=O)=O)cc2n1-c1ccccc1Cl. The first-order chi connectivity index (χ1) is 11.7. The van der Waals surface area contributed by atoms with E-state index in [4.69, 9.17) is 39.5 Å². The molecule has 0 saturated carbocycles. The topological polar surface area (TPSA) is 140 Å². The molecule has 130 valence electrons. The maximum absolute atomic E-state index is 11.8. The van der Waals surface area contributed by atoms with Gasteiger partial charge in [-0.3, -0.25) is 15.3 Å². The number of nitrogens with zero attached hydrogens (tertiary/aromatic N) is 2. The van der Waals surface area contributed by atoms with E-state index < -0.39 is 10.0 Å². The molecule has 3 rings (SSSR count). The molecule has 0 atom stereocenters.